The van der Waals surface area contributed by atoms with Gasteiger partial charge in [-0.15, -0.1) is 0 Å². The molecule has 128 valence electrons. The van der Waals surface area contributed by atoms with E-state index in [9.17, 15) is 4.79 Å². The van der Waals surface area contributed by atoms with Crippen LogP contribution in [0.25, 0.3) is 0 Å². The van der Waals surface area contributed by atoms with Crippen LogP contribution in [0.4, 0.5) is 5.69 Å². The zero-order valence-electron chi connectivity index (χ0n) is 13.8. The van der Waals surface area contributed by atoms with Crippen molar-refractivity contribution < 1.29 is 9.53 Å². The van der Waals surface area contributed by atoms with Crippen molar-refractivity contribution >= 4 is 34.8 Å². The Balaban J connectivity index is 1.95. The molecule has 0 unspecified atom stereocenters. The van der Waals surface area contributed by atoms with Gasteiger partial charge in [0.05, 0.1) is 35.4 Å². The lowest BCUT2D eigenvalue weighted by atomic mass is 10.1. The van der Waals surface area contributed by atoms with Gasteiger partial charge in [0, 0.05) is 0 Å². The lowest BCUT2D eigenvalue weighted by molar-refractivity contribution is -0.120. The molecule has 0 fully saturated rings. The molecule has 2 N–H and O–H groups in total. The summed E-state index contributed by atoms with van der Waals surface area (Å²) in [6, 6.07) is 10.9. The molecule has 4 nitrogen and oxygen atoms in total. The van der Waals surface area contributed by atoms with Gasteiger partial charge in [-0.3, -0.25) is 4.79 Å². The van der Waals surface area contributed by atoms with Crippen molar-refractivity contribution in [2.24, 2.45) is 0 Å². The molecule has 0 heterocycles. The second-order valence-electron chi connectivity index (χ2n) is 5.52. The molecule has 0 radical (unpaired) electrons. The molecule has 24 heavy (non-hydrogen) atoms. The predicted molar refractivity (Wildman–Crippen MR) is 99.2 cm³/mol. The number of nitrogens with one attached hydrogen (secondary N) is 2. The maximum absolute atomic E-state index is 12.2. The fourth-order valence-electron chi connectivity index (χ4n) is 2.29. The molecule has 0 aromatic heterocycles. The number of anilines is 1. The van der Waals surface area contributed by atoms with Crippen molar-refractivity contribution in [2.75, 3.05) is 19.0 Å². The number of ether oxygens (including phenoxy) is 1. The standard InChI is InChI=1S/C18H20Cl2N2O2/c1-11-4-7-17(24-3)16(8-11)21-10-18(23)22-12(2)13-5-6-14(19)15(20)9-13/h4-9,12,21H,10H2,1-3H3,(H,22,23)/t12-/m1/s1. The minimum atomic E-state index is -0.173. The molecule has 0 aliphatic heterocycles. The van der Waals surface area contributed by atoms with Crippen LogP contribution in [-0.2, 0) is 4.79 Å². The maximum atomic E-state index is 12.2. The Labute approximate surface area is 152 Å². The minimum Gasteiger partial charge on any atom is -0.495 e. The van der Waals surface area contributed by atoms with E-state index < -0.39 is 0 Å². The van der Waals surface area contributed by atoms with Crippen LogP contribution in [0.15, 0.2) is 36.4 Å². The van der Waals surface area contributed by atoms with Crippen molar-refractivity contribution in [2.45, 2.75) is 19.9 Å². The minimum absolute atomic E-state index is 0.128. The lowest BCUT2D eigenvalue weighted by Crippen LogP contribution is -2.32. The van der Waals surface area contributed by atoms with Crippen LogP contribution in [0, 0.1) is 6.92 Å². The van der Waals surface area contributed by atoms with Crippen LogP contribution in [0.5, 0.6) is 5.75 Å². The average molecular weight is 367 g/mol. The SMILES string of the molecule is COc1ccc(C)cc1NCC(=O)N[C@H](C)c1ccc(Cl)c(Cl)c1. The second kappa shape index (κ2) is 8.27. The number of rotatable bonds is 6. The van der Waals surface area contributed by atoms with Crippen molar-refractivity contribution in [3.8, 4) is 5.75 Å². The van der Waals surface area contributed by atoms with Crippen molar-refractivity contribution in [1.82, 2.24) is 5.32 Å². The molecule has 0 bridgehead atoms. The van der Waals surface area contributed by atoms with Gasteiger partial charge in [0.2, 0.25) is 5.91 Å². The number of methoxy groups -OCH3 is 1. The average Bonchev–Trinajstić information content (AvgIpc) is 2.55. The number of carbonyl (C=O) groups is 1. The summed E-state index contributed by atoms with van der Waals surface area (Å²) < 4.78 is 5.29. The fourth-order valence-corrected chi connectivity index (χ4v) is 2.60. The summed E-state index contributed by atoms with van der Waals surface area (Å²) in [6.07, 6.45) is 0. The first-order valence-electron chi connectivity index (χ1n) is 7.53. The molecule has 2 aromatic carbocycles. The third-order valence-corrected chi connectivity index (χ3v) is 4.35. The number of halogens is 2. The quantitative estimate of drug-likeness (QED) is 0.785. The monoisotopic (exact) mass is 366 g/mol. The van der Waals surface area contributed by atoms with Gasteiger partial charge in [0.25, 0.3) is 0 Å². The molecule has 1 amide bonds. The van der Waals surface area contributed by atoms with E-state index >= 15 is 0 Å². The largest absolute Gasteiger partial charge is 0.495 e. The van der Waals surface area contributed by atoms with Crippen LogP contribution < -0.4 is 15.4 Å². The van der Waals surface area contributed by atoms with Gasteiger partial charge >= 0.3 is 0 Å². The topological polar surface area (TPSA) is 50.4 Å². The summed E-state index contributed by atoms with van der Waals surface area (Å²) in [7, 11) is 1.60. The van der Waals surface area contributed by atoms with Gasteiger partial charge in [-0.05, 0) is 49.2 Å². The van der Waals surface area contributed by atoms with Gasteiger partial charge < -0.3 is 15.4 Å². The third kappa shape index (κ3) is 4.79. The highest BCUT2D eigenvalue weighted by Crippen LogP contribution is 2.26. The number of aryl methyl sites for hydroxylation is 1. The summed E-state index contributed by atoms with van der Waals surface area (Å²) in [5.41, 5.74) is 2.77. The molecule has 2 rings (SSSR count). The summed E-state index contributed by atoms with van der Waals surface area (Å²) in [5, 5.41) is 6.98. The highest BCUT2D eigenvalue weighted by molar-refractivity contribution is 6.42. The lowest BCUT2D eigenvalue weighted by Gasteiger charge is -2.16. The molecular formula is C18H20Cl2N2O2. The Morgan fingerprint density at radius 3 is 2.58 bits per heavy atom. The second-order valence-corrected chi connectivity index (χ2v) is 6.33. The van der Waals surface area contributed by atoms with Crippen LogP contribution in [0.1, 0.15) is 24.1 Å². The maximum Gasteiger partial charge on any atom is 0.239 e. The van der Waals surface area contributed by atoms with E-state index in [0.29, 0.717) is 15.8 Å². The number of benzene rings is 2. The van der Waals surface area contributed by atoms with Gasteiger partial charge in [-0.2, -0.15) is 0 Å². The Kier molecular flexibility index (Phi) is 6.35. The molecule has 0 saturated carbocycles. The van der Waals surface area contributed by atoms with Gasteiger partial charge in [0.15, 0.2) is 0 Å². The van der Waals surface area contributed by atoms with E-state index in [-0.39, 0.29) is 18.5 Å². The van der Waals surface area contributed by atoms with Gasteiger partial charge in [-0.25, -0.2) is 0 Å². The number of carbonyl (C=O) groups excluding carboxylic acids is 1. The molecular weight excluding hydrogens is 347 g/mol. The van der Waals surface area contributed by atoms with Crippen molar-refractivity contribution in [1.29, 1.82) is 0 Å². The van der Waals surface area contributed by atoms with Crippen LogP contribution in [-0.4, -0.2) is 19.6 Å². The molecule has 0 aliphatic carbocycles. The Bertz CT molecular complexity index is 735. The van der Waals surface area contributed by atoms with Crippen LogP contribution >= 0.6 is 23.2 Å². The molecule has 0 spiro atoms. The predicted octanol–water partition coefficient (Wildman–Crippen LogP) is 4.60. The van der Waals surface area contributed by atoms with E-state index in [2.05, 4.69) is 10.6 Å². The van der Waals surface area contributed by atoms with Crippen LogP contribution in [0.2, 0.25) is 10.0 Å². The number of amides is 1. The summed E-state index contributed by atoms with van der Waals surface area (Å²) in [4.78, 5) is 12.2. The first kappa shape index (κ1) is 18.4. The summed E-state index contributed by atoms with van der Waals surface area (Å²) >= 11 is 11.9. The summed E-state index contributed by atoms with van der Waals surface area (Å²) in [6.45, 7) is 4.02. The Hall–Kier alpha value is -1.91. The zero-order chi connectivity index (χ0) is 17.7. The Morgan fingerprint density at radius 1 is 1.17 bits per heavy atom. The first-order valence-corrected chi connectivity index (χ1v) is 8.29. The number of hydrogen-bond donors (Lipinski definition) is 2. The zero-order valence-corrected chi connectivity index (χ0v) is 15.3. The first-order chi connectivity index (χ1) is 11.4. The van der Waals surface area contributed by atoms with Crippen molar-refractivity contribution in [3.63, 3.8) is 0 Å². The van der Waals surface area contributed by atoms with Gasteiger partial charge in [0.1, 0.15) is 5.75 Å². The van der Waals surface area contributed by atoms with E-state index in [1.54, 1.807) is 19.2 Å². The number of hydrogen-bond acceptors (Lipinski definition) is 3. The van der Waals surface area contributed by atoms with E-state index in [0.717, 1.165) is 16.8 Å². The Morgan fingerprint density at radius 2 is 1.92 bits per heavy atom. The van der Waals surface area contributed by atoms with E-state index in [1.807, 2.05) is 38.1 Å². The van der Waals surface area contributed by atoms with Gasteiger partial charge in [-0.1, -0.05) is 35.3 Å². The van der Waals surface area contributed by atoms with E-state index in [1.165, 1.54) is 0 Å². The summed E-state index contributed by atoms with van der Waals surface area (Å²) in [5.74, 6) is 0.572. The van der Waals surface area contributed by atoms with Crippen LogP contribution in [0.3, 0.4) is 0 Å². The van der Waals surface area contributed by atoms with Crippen molar-refractivity contribution in [3.05, 3.63) is 57.6 Å². The fraction of sp³-hybridized carbons (Fsp3) is 0.278. The normalized spacial score (nSPS) is 11.7. The third-order valence-electron chi connectivity index (χ3n) is 3.62. The van der Waals surface area contributed by atoms with E-state index in [4.69, 9.17) is 27.9 Å². The highest BCUT2D eigenvalue weighted by atomic mass is 35.5. The molecule has 2 aromatic rings. The highest BCUT2D eigenvalue weighted by Gasteiger charge is 2.12. The smallest absolute Gasteiger partial charge is 0.239 e. The molecule has 0 aliphatic rings. The molecule has 6 heteroatoms. The molecule has 0 saturated heterocycles. The molecule has 1 atom stereocenters.